The third-order valence-corrected chi connectivity index (χ3v) is 2.68. The van der Waals surface area contributed by atoms with Crippen LogP contribution >= 0.6 is 0 Å². The maximum absolute atomic E-state index is 10.9. The molecule has 0 saturated heterocycles. The summed E-state index contributed by atoms with van der Waals surface area (Å²) in [5.74, 6) is 0.161. The van der Waals surface area contributed by atoms with Crippen LogP contribution in [0.15, 0.2) is 0 Å². The first-order chi connectivity index (χ1) is 5.12. The minimum absolute atomic E-state index is 0.161. The predicted molar refractivity (Wildman–Crippen MR) is 44.9 cm³/mol. The Morgan fingerprint density at radius 1 is 1.18 bits per heavy atom. The molecule has 0 heterocycles. The molecule has 0 saturated carbocycles. The van der Waals surface area contributed by atoms with Gasteiger partial charge in [0.25, 0.3) is 10.1 Å². The highest BCUT2D eigenvalue weighted by Crippen LogP contribution is 2.00. The van der Waals surface area contributed by atoms with E-state index in [9.17, 15) is 8.42 Å². The highest BCUT2D eigenvalue weighted by Gasteiger charge is 2.07. The summed E-state index contributed by atoms with van der Waals surface area (Å²) in [5, 5.41) is 0. The van der Waals surface area contributed by atoms with Crippen molar-refractivity contribution in [2.45, 2.75) is 33.1 Å². The molecule has 0 amide bonds. The van der Waals surface area contributed by atoms with Crippen LogP contribution in [0.25, 0.3) is 0 Å². The lowest BCUT2D eigenvalue weighted by Crippen LogP contribution is -2.09. The molecule has 0 atom stereocenters. The van der Waals surface area contributed by atoms with Crippen molar-refractivity contribution in [2.24, 2.45) is 0 Å². The lowest BCUT2D eigenvalue weighted by molar-refractivity contribution is 0.337. The summed E-state index contributed by atoms with van der Waals surface area (Å²) < 4.78 is 26.3. The highest BCUT2D eigenvalue weighted by atomic mass is 32.2. The Morgan fingerprint density at radius 2 is 1.82 bits per heavy atom. The normalized spacial score (nSPS) is 11.8. The van der Waals surface area contributed by atoms with Crippen molar-refractivity contribution in [3.8, 4) is 0 Å². The summed E-state index contributed by atoms with van der Waals surface area (Å²) in [6, 6.07) is 0. The maximum atomic E-state index is 10.9. The van der Waals surface area contributed by atoms with Gasteiger partial charge in [0.15, 0.2) is 0 Å². The van der Waals surface area contributed by atoms with E-state index in [0.717, 1.165) is 12.8 Å². The molecule has 0 radical (unpaired) electrons. The van der Waals surface area contributed by atoms with Crippen LogP contribution in [0.1, 0.15) is 33.1 Å². The summed E-state index contributed by atoms with van der Waals surface area (Å²) in [6.07, 6.45) is 2.69. The molecule has 11 heavy (non-hydrogen) atoms. The van der Waals surface area contributed by atoms with Gasteiger partial charge in [0, 0.05) is 0 Å². The number of hydrogen-bond donors (Lipinski definition) is 0. The largest absolute Gasteiger partial charge is 0.270 e. The fraction of sp³-hybridized carbons (Fsp3) is 1.00. The molecular formula is C7H16O3S. The quantitative estimate of drug-likeness (QED) is 0.460. The Hall–Kier alpha value is -0.0900. The summed E-state index contributed by atoms with van der Waals surface area (Å²) in [7, 11) is -3.20. The van der Waals surface area contributed by atoms with Crippen LogP contribution in [0, 0.1) is 0 Å². The van der Waals surface area contributed by atoms with E-state index in [2.05, 4.69) is 4.18 Å². The van der Waals surface area contributed by atoms with E-state index in [4.69, 9.17) is 0 Å². The van der Waals surface area contributed by atoms with Crippen molar-refractivity contribution in [3.05, 3.63) is 0 Å². The van der Waals surface area contributed by atoms with Gasteiger partial charge in [0.2, 0.25) is 0 Å². The van der Waals surface area contributed by atoms with E-state index >= 15 is 0 Å². The van der Waals surface area contributed by atoms with Crippen LogP contribution in [0.5, 0.6) is 0 Å². The molecule has 0 fully saturated rings. The van der Waals surface area contributed by atoms with Crippen LogP contribution in [0.2, 0.25) is 0 Å². The van der Waals surface area contributed by atoms with Gasteiger partial charge in [0.1, 0.15) is 0 Å². The minimum Gasteiger partial charge on any atom is -0.270 e. The first kappa shape index (κ1) is 10.9. The van der Waals surface area contributed by atoms with E-state index in [1.807, 2.05) is 6.92 Å². The van der Waals surface area contributed by atoms with Crippen LogP contribution in [-0.2, 0) is 14.3 Å². The standard InChI is InChI=1S/C7H16O3S/c1-3-5-6-7-11(8,9)10-4-2/h3-7H2,1-2H3. The van der Waals surface area contributed by atoms with Gasteiger partial charge in [0.05, 0.1) is 12.4 Å². The zero-order valence-corrected chi connectivity index (χ0v) is 7.99. The van der Waals surface area contributed by atoms with E-state index < -0.39 is 10.1 Å². The second kappa shape index (κ2) is 5.55. The van der Waals surface area contributed by atoms with E-state index in [1.54, 1.807) is 6.92 Å². The summed E-state index contributed by atoms with van der Waals surface area (Å²) in [4.78, 5) is 0. The lowest BCUT2D eigenvalue weighted by atomic mass is 10.3. The van der Waals surface area contributed by atoms with Gasteiger partial charge in [-0.05, 0) is 13.3 Å². The van der Waals surface area contributed by atoms with Gasteiger partial charge >= 0.3 is 0 Å². The predicted octanol–water partition coefficient (Wildman–Crippen LogP) is 1.54. The van der Waals surface area contributed by atoms with Crippen molar-refractivity contribution in [1.82, 2.24) is 0 Å². The third kappa shape index (κ3) is 6.31. The van der Waals surface area contributed by atoms with Crippen LogP contribution < -0.4 is 0 Å². The highest BCUT2D eigenvalue weighted by molar-refractivity contribution is 7.86. The SMILES string of the molecule is CCCCCS(=O)(=O)OCC. The molecule has 0 bridgehead atoms. The van der Waals surface area contributed by atoms with Crippen molar-refractivity contribution in [1.29, 1.82) is 0 Å². The average Bonchev–Trinajstić information content (AvgIpc) is 1.87. The topological polar surface area (TPSA) is 43.4 Å². The Bertz CT molecular complexity index is 172. The minimum atomic E-state index is -3.20. The molecule has 0 aliphatic heterocycles. The fourth-order valence-electron chi connectivity index (χ4n) is 0.767. The zero-order chi connectivity index (χ0) is 8.74. The van der Waals surface area contributed by atoms with Crippen molar-refractivity contribution in [3.63, 3.8) is 0 Å². The molecule has 0 aliphatic rings. The maximum Gasteiger partial charge on any atom is 0.267 e. The first-order valence-electron chi connectivity index (χ1n) is 3.99. The van der Waals surface area contributed by atoms with Crippen LogP contribution in [-0.4, -0.2) is 20.8 Å². The molecule has 0 aromatic carbocycles. The Morgan fingerprint density at radius 3 is 2.27 bits per heavy atom. The Balaban J connectivity index is 3.56. The van der Waals surface area contributed by atoms with E-state index in [0.29, 0.717) is 6.42 Å². The number of hydrogen-bond acceptors (Lipinski definition) is 3. The molecule has 0 rings (SSSR count). The van der Waals surface area contributed by atoms with Gasteiger partial charge in [-0.3, -0.25) is 4.18 Å². The summed E-state index contributed by atoms with van der Waals surface area (Å²) in [5.41, 5.74) is 0. The van der Waals surface area contributed by atoms with Gasteiger partial charge in [-0.25, -0.2) is 0 Å². The summed E-state index contributed by atoms with van der Waals surface area (Å²) >= 11 is 0. The molecule has 0 aromatic rings. The number of unbranched alkanes of at least 4 members (excludes halogenated alkanes) is 2. The molecule has 0 aromatic heterocycles. The molecular weight excluding hydrogens is 164 g/mol. The molecule has 4 heteroatoms. The molecule has 68 valence electrons. The van der Waals surface area contributed by atoms with Gasteiger partial charge < -0.3 is 0 Å². The number of rotatable bonds is 6. The molecule has 0 N–H and O–H groups in total. The molecule has 0 spiro atoms. The second-order valence-electron chi connectivity index (χ2n) is 2.38. The van der Waals surface area contributed by atoms with E-state index in [-0.39, 0.29) is 12.4 Å². The first-order valence-corrected chi connectivity index (χ1v) is 5.57. The van der Waals surface area contributed by atoms with Crippen LogP contribution in [0.3, 0.4) is 0 Å². The average molecular weight is 180 g/mol. The Labute approximate surface area is 68.9 Å². The smallest absolute Gasteiger partial charge is 0.267 e. The van der Waals surface area contributed by atoms with Gasteiger partial charge in [-0.15, -0.1) is 0 Å². The van der Waals surface area contributed by atoms with Crippen LogP contribution in [0.4, 0.5) is 0 Å². The van der Waals surface area contributed by atoms with E-state index in [1.165, 1.54) is 0 Å². The fourth-order valence-corrected chi connectivity index (χ4v) is 1.80. The summed E-state index contributed by atoms with van der Waals surface area (Å²) in [6.45, 7) is 3.96. The molecule has 0 aliphatic carbocycles. The second-order valence-corrected chi connectivity index (χ2v) is 4.13. The van der Waals surface area contributed by atoms with Crippen molar-refractivity contribution in [2.75, 3.05) is 12.4 Å². The van der Waals surface area contributed by atoms with Crippen molar-refractivity contribution >= 4 is 10.1 Å². The van der Waals surface area contributed by atoms with Gasteiger partial charge in [-0.1, -0.05) is 19.8 Å². The Kier molecular flexibility index (Phi) is 5.50. The monoisotopic (exact) mass is 180 g/mol. The van der Waals surface area contributed by atoms with Crippen molar-refractivity contribution < 1.29 is 12.6 Å². The molecule has 3 nitrogen and oxygen atoms in total. The zero-order valence-electron chi connectivity index (χ0n) is 7.17. The lowest BCUT2D eigenvalue weighted by Gasteiger charge is -2.01. The molecule has 0 unspecified atom stereocenters. The third-order valence-electron chi connectivity index (χ3n) is 1.30. The van der Waals surface area contributed by atoms with Gasteiger partial charge in [-0.2, -0.15) is 8.42 Å².